The van der Waals surface area contributed by atoms with Gasteiger partial charge < -0.3 is 18.6 Å². The van der Waals surface area contributed by atoms with E-state index < -0.39 is 23.1 Å². The molecule has 0 fully saturated rings. The Hall–Kier alpha value is -3.65. The summed E-state index contributed by atoms with van der Waals surface area (Å²) in [7, 11) is 0. The zero-order valence-corrected chi connectivity index (χ0v) is 18.6. The summed E-state index contributed by atoms with van der Waals surface area (Å²) in [6.07, 6.45) is -4.98. The maximum Gasteiger partial charge on any atom is 0.453 e. The van der Waals surface area contributed by atoms with Gasteiger partial charge in [-0.25, -0.2) is 0 Å². The van der Waals surface area contributed by atoms with Gasteiger partial charge in [0.05, 0.1) is 12.0 Å². The second-order valence-corrected chi connectivity index (χ2v) is 7.58. The van der Waals surface area contributed by atoms with Crippen molar-refractivity contribution < 1.29 is 31.8 Å². The number of halogens is 4. The fraction of sp³-hybridized carbons (Fsp3) is 0.160. The van der Waals surface area contributed by atoms with Gasteiger partial charge in [0.2, 0.25) is 11.2 Å². The first-order valence-corrected chi connectivity index (χ1v) is 10.6. The Labute approximate surface area is 197 Å². The highest BCUT2D eigenvalue weighted by molar-refractivity contribution is 6.30. The van der Waals surface area contributed by atoms with Gasteiger partial charge in [0.25, 0.3) is 5.76 Å². The number of para-hydroxylation sites is 2. The Kier molecular flexibility index (Phi) is 6.70. The van der Waals surface area contributed by atoms with Crippen LogP contribution in [0.4, 0.5) is 13.2 Å². The molecule has 1 aromatic heterocycles. The quantitative estimate of drug-likeness (QED) is 0.273. The first kappa shape index (κ1) is 23.5. The number of rotatable bonds is 7. The van der Waals surface area contributed by atoms with Crippen molar-refractivity contribution in [3.63, 3.8) is 0 Å². The van der Waals surface area contributed by atoms with Gasteiger partial charge in [-0.3, -0.25) is 4.79 Å². The van der Waals surface area contributed by atoms with E-state index in [0.29, 0.717) is 5.02 Å². The molecule has 176 valence electrons. The molecule has 9 heteroatoms. The summed E-state index contributed by atoms with van der Waals surface area (Å²) in [5.41, 5.74) is -0.445. The minimum atomic E-state index is -4.98. The molecular formula is C25H18ClF3O5. The van der Waals surface area contributed by atoms with Gasteiger partial charge in [0.1, 0.15) is 17.9 Å². The molecule has 0 saturated carbocycles. The minimum Gasteiger partial charge on any atom is -0.490 e. The van der Waals surface area contributed by atoms with E-state index in [2.05, 4.69) is 0 Å². The van der Waals surface area contributed by atoms with Gasteiger partial charge in [-0.1, -0.05) is 35.9 Å². The molecule has 1 heterocycles. The second-order valence-electron chi connectivity index (χ2n) is 7.14. The fourth-order valence-corrected chi connectivity index (χ4v) is 3.32. The molecule has 0 aliphatic carbocycles. The molecule has 34 heavy (non-hydrogen) atoms. The summed E-state index contributed by atoms with van der Waals surface area (Å²) >= 11 is 5.86. The van der Waals surface area contributed by atoms with E-state index in [-0.39, 0.29) is 41.4 Å². The van der Waals surface area contributed by atoms with Gasteiger partial charge in [-0.15, -0.1) is 0 Å². The lowest BCUT2D eigenvalue weighted by molar-refractivity contribution is -0.154. The smallest absolute Gasteiger partial charge is 0.453 e. The van der Waals surface area contributed by atoms with Crippen molar-refractivity contribution in [2.24, 2.45) is 0 Å². The fourth-order valence-electron chi connectivity index (χ4n) is 3.19. The van der Waals surface area contributed by atoms with Crippen LogP contribution >= 0.6 is 11.6 Å². The van der Waals surface area contributed by atoms with Gasteiger partial charge in [0, 0.05) is 11.1 Å². The van der Waals surface area contributed by atoms with Gasteiger partial charge >= 0.3 is 6.18 Å². The second kappa shape index (κ2) is 9.69. The van der Waals surface area contributed by atoms with Gasteiger partial charge in [-0.2, -0.15) is 13.2 Å². The Morgan fingerprint density at radius 2 is 1.65 bits per heavy atom. The van der Waals surface area contributed by atoms with Crippen LogP contribution in [0, 0.1) is 0 Å². The molecular weight excluding hydrogens is 473 g/mol. The third-order valence-corrected chi connectivity index (χ3v) is 5.01. The van der Waals surface area contributed by atoms with Crippen LogP contribution in [0.5, 0.6) is 23.0 Å². The SMILES string of the molecule is CCOc1ccccc1Oc1c(C(F)(F)F)oc2cc(OCc3ccc(Cl)cc3)ccc2c1=O. The summed E-state index contributed by atoms with van der Waals surface area (Å²) in [4.78, 5) is 13.0. The number of alkyl halides is 3. The minimum absolute atomic E-state index is 0.0376. The van der Waals surface area contributed by atoms with E-state index in [1.165, 1.54) is 30.3 Å². The number of fused-ring (bicyclic) bond motifs is 1. The zero-order chi connectivity index (χ0) is 24.3. The van der Waals surface area contributed by atoms with Crippen molar-refractivity contribution in [3.05, 3.63) is 93.3 Å². The standard InChI is InChI=1S/C25H18ClF3O5/c1-2-31-19-5-3-4-6-20(19)33-23-22(30)18-12-11-17(13-21(18)34-24(23)25(27,28)29)32-14-15-7-9-16(26)10-8-15/h3-13H,2,14H2,1H3. The van der Waals surface area contributed by atoms with Gasteiger partial charge in [-0.05, 0) is 48.9 Å². The van der Waals surface area contributed by atoms with Crippen molar-refractivity contribution in [2.45, 2.75) is 19.7 Å². The van der Waals surface area contributed by atoms with Crippen molar-refractivity contribution in [1.29, 1.82) is 0 Å². The molecule has 3 aromatic carbocycles. The summed E-state index contributed by atoms with van der Waals surface area (Å²) in [5.74, 6) is -2.13. The molecule has 0 amide bonds. The van der Waals surface area contributed by atoms with Crippen LogP contribution in [0.25, 0.3) is 11.0 Å². The molecule has 0 aliphatic rings. The Balaban J connectivity index is 1.72. The number of benzene rings is 3. The van der Waals surface area contributed by atoms with Crippen molar-refractivity contribution >= 4 is 22.6 Å². The van der Waals surface area contributed by atoms with E-state index in [1.54, 1.807) is 43.3 Å². The lowest BCUT2D eigenvalue weighted by Crippen LogP contribution is -2.15. The van der Waals surface area contributed by atoms with Crippen LogP contribution < -0.4 is 19.6 Å². The lowest BCUT2D eigenvalue weighted by Gasteiger charge is -2.15. The van der Waals surface area contributed by atoms with Crippen molar-refractivity contribution in [1.82, 2.24) is 0 Å². The third kappa shape index (κ3) is 5.12. The molecule has 0 aliphatic heterocycles. The maximum atomic E-state index is 13.8. The van der Waals surface area contributed by atoms with Crippen molar-refractivity contribution in [2.75, 3.05) is 6.61 Å². The molecule has 0 saturated heterocycles. The topological polar surface area (TPSA) is 57.9 Å². The molecule has 0 spiro atoms. The normalized spacial score (nSPS) is 11.4. The summed E-state index contributed by atoms with van der Waals surface area (Å²) < 4.78 is 63.0. The van der Waals surface area contributed by atoms with Crippen LogP contribution in [-0.4, -0.2) is 6.61 Å². The predicted molar refractivity (Wildman–Crippen MR) is 121 cm³/mol. The van der Waals surface area contributed by atoms with Crippen LogP contribution in [0.3, 0.4) is 0 Å². The molecule has 0 atom stereocenters. The molecule has 0 N–H and O–H groups in total. The number of hydrogen-bond donors (Lipinski definition) is 0. The van der Waals surface area contributed by atoms with Gasteiger partial charge in [0.15, 0.2) is 11.5 Å². The molecule has 0 unspecified atom stereocenters. The van der Waals surface area contributed by atoms with Crippen LogP contribution in [0.2, 0.25) is 5.02 Å². The molecule has 0 radical (unpaired) electrons. The Morgan fingerprint density at radius 1 is 0.941 bits per heavy atom. The Bertz CT molecular complexity index is 1360. The van der Waals surface area contributed by atoms with E-state index >= 15 is 0 Å². The van der Waals surface area contributed by atoms with Crippen molar-refractivity contribution in [3.8, 4) is 23.0 Å². The van der Waals surface area contributed by atoms with Crippen LogP contribution in [0.1, 0.15) is 18.2 Å². The van der Waals surface area contributed by atoms with Crippen LogP contribution in [0.15, 0.2) is 75.9 Å². The average Bonchev–Trinajstić information content (AvgIpc) is 2.81. The van der Waals surface area contributed by atoms with Crippen LogP contribution in [-0.2, 0) is 12.8 Å². The summed E-state index contributed by atoms with van der Waals surface area (Å²) in [5, 5.41) is 0.480. The summed E-state index contributed by atoms with van der Waals surface area (Å²) in [6, 6.07) is 17.1. The number of hydrogen-bond acceptors (Lipinski definition) is 5. The molecule has 5 nitrogen and oxygen atoms in total. The third-order valence-electron chi connectivity index (χ3n) is 4.76. The van der Waals surface area contributed by atoms with E-state index in [0.717, 1.165) is 5.56 Å². The molecule has 4 rings (SSSR count). The number of ether oxygens (including phenoxy) is 3. The average molecular weight is 491 g/mol. The highest BCUT2D eigenvalue weighted by Gasteiger charge is 2.40. The molecule has 4 aromatic rings. The maximum absolute atomic E-state index is 13.8. The van der Waals surface area contributed by atoms with E-state index in [9.17, 15) is 18.0 Å². The highest BCUT2D eigenvalue weighted by Crippen LogP contribution is 2.40. The highest BCUT2D eigenvalue weighted by atomic mass is 35.5. The Morgan fingerprint density at radius 3 is 2.32 bits per heavy atom. The predicted octanol–water partition coefficient (Wildman–Crippen LogP) is 7.24. The first-order valence-electron chi connectivity index (χ1n) is 10.2. The lowest BCUT2D eigenvalue weighted by atomic mass is 10.2. The summed E-state index contributed by atoms with van der Waals surface area (Å²) in [6.45, 7) is 2.13. The molecule has 0 bridgehead atoms. The van der Waals surface area contributed by atoms with E-state index in [4.69, 9.17) is 30.2 Å². The zero-order valence-electron chi connectivity index (χ0n) is 17.8. The van der Waals surface area contributed by atoms with E-state index in [1.807, 2.05) is 0 Å². The first-order chi connectivity index (χ1) is 16.3. The monoisotopic (exact) mass is 490 g/mol. The largest absolute Gasteiger partial charge is 0.490 e.